The van der Waals surface area contributed by atoms with E-state index in [9.17, 15) is 10.2 Å². The highest BCUT2D eigenvalue weighted by molar-refractivity contribution is 5.37. The molecule has 0 spiro atoms. The zero-order chi connectivity index (χ0) is 16.2. The Balaban J connectivity index is 1.73. The van der Waals surface area contributed by atoms with E-state index in [4.69, 9.17) is 0 Å². The third-order valence-corrected chi connectivity index (χ3v) is 4.22. The number of phenols is 2. The molecule has 0 radical (unpaired) electrons. The van der Waals surface area contributed by atoms with Crippen LogP contribution < -0.4 is 0 Å². The molecule has 2 heteroatoms. The van der Waals surface area contributed by atoms with Crippen molar-refractivity contribution in [2.45, 2.75) is 19.3 Å². The molecule has 0 heterocycles. The molecule has 0 aromatic heterocycles. The van der Waals surface area contributed by atoms with Crippen molar-refractivity contribution in [2.75, 3.05) is 0 Å². The second-order valence-corrected chi connectivity index (χ2v) is 5.90. The lowest BCUT2D eigenvalue weighted by Crippen LogP contribution is -1.96. The fourth-order valence-electron chi connectivity index (χ4n) is 2.73. The fraction of sp³-hybridized carbons (Fsp3) is 0.143. The van der Waals surface area contributed by atoms with Crippen LogP contribution in [-0.4, -0.2) is 10.2 Å². The van der Waals surface area contributed by atoms with E-state index in [-0.39, 0.29) is 0 Å². The molecule has 0 bridgehead atoms. The standard InChI is InChI=1S/C21H20O2/c1-15(19-8-12-21(23)13-9-19)18-6-2-16(3-7-18)14-17-4-10-20(22)11-5-17/h2-13,15,22-23H,14H2,1H3. The van der Waals surface area contributed by atoms with Crippen molar-refractivity contribution >= 4 is 0 Å². The Bertz CT molecular complexity index is 756. The van der Waals surface area contributed by atoms with E-state index in [1.165, 1.54) is 22.3 Å². The van der Waals surface area contributed by atoms with Crippen molar-refractivity contribution in [1.29, 1.82) is 0 Å². The van der Waals surface area contributed by atoms with Gasteiger partial charge in [-0.2, -0.15) is 0 Å². The van der Waals surface area contributed by atoms with Crippen LogP contribution in [0.15, 0.2) is 72.8 Å². The van der Waals surface area contributed by atoms with Gasteiger partial charge in [-0.25, -0.2) is 0 Å². The molecule has 3 aromatic rings. The first kappa shape index (κ1) is 15.2. The van der Waals surface area contributed by atoms with Crippen molar-refractivity contribution in [3.63, 3.8) is 0 Å². The summed E-state index contributed by atoms with van der Waals surface area (Å²) in [6.07, 6.45) is 0.855. The molecular formula is C21H20O2. The van der Waals surface area contributed by atoms with Crippen LogP contribution in [0.3, 0.4) is 0 Å². The van der Waals surface area contributed by atoms with Crippen LogP contribution in [0.4, 0.5) is 0 Å². The first-order valence-electron chi connectivity index (χ1n) is 7.77. The summed E-state index contributed by atoms with van der Waals surface area (Å²) in [4.78, 5) is 0. The van der Waals surface area contributed by atoms with Gasteiger partial charge in [-0.05, 0) is 52.9 Å². The molecule has 3 aromatic carbocycles. The summed E-state index contributed by atoms with van der Waals surface area (Å²) in [7, 11) is 0. The minimum absolute atomic E-state index is 0.290. The van der Waals surface area contributed by atoms with Gasteiger partial charge in [-0.1, -0.05) is 55.5 Å². The predicted molar refractivity (Wildman–Crippen MR) is 93.0 cm³/mol. The van der Waals surface area contributed by atoms with Crippen molar-refractivity contribution < 1.29 is 10.2 Å². The van der Waals surface area contributed by atoms with E-state index < -0.39 is 0 Å². The normalized spacial score (nSPS) is 12.0. The quantitative estimate of drug-likeness (QED) is 0.724. The van der Waals surface area contributed by atoms with Gasteiger partial charge in [0.05, 0.1) is 0 Å². The lowest BCUT2D eigenvalue weighted by Gasteiger charge is -2.13. The maximum Gasteiger partial charge on any atom is 0.115 e. The number of benzene rings is 3. The Labute approximate surface area is 136 Å². The Hall–Kier alpha value is -2.74. The average molecular weight is 304 g/mol. The Morgan fingerprint density at radius 3 is 1.43 bits per heavy atom. The van der Waals surface area contributed by atoms with Gasteiger partial charge in [0.25, 0.3) is 0 Å². The summed E-state index contributed by atoms with van der Waals surface area (Å²) in [6, 6.07) is 23.3. The van der Waals surface area contributed by atoms with Crippen LogP contribution in [-0.2, 0) is 6.42 Å². The molecule has 0 aliphatic carbocycles. The predicted octanol–water partition coefficient (Wildman–Crippen LogP) is 4.84. The third kappa shape index (κ3) is 3.72. The molecule has 0 aliphatic heterocycles. The second kappa shape index (κ2) is 6.57. The maximum atomic E-state index is 9.39. The minimum atomic E-state index is 0.290. The van der Waals surface area contributed by atoms with Crippen LogP contribution in [0.1, 0.15) is 35.1 Å². The maximum absolute atomic E-state index is 9.39. The number of hydrogen-bond donors (Lipinski definition) is 2. The van der Waals surface area contributed by atoms with E-state index >= 15 is 0 Å². The van der Waals surface area contributed by atoms with E-state index in [0.717, 1.165) is 6.42 Å². The summed E-state index contributed by atoms with van der Waals surface area (Å²) < 4.78 is 0. The van der Waals surface area contributed by atoms with Gasteiger partial charge in [0.15, 0.2) is 0 Å². The molecule has 0 saturated heterocycles. The van der Waals surface area contributed by atoms with E-state index in [1.807, 2.05) is 24.3 Å². The molecule has 2 N–H and O–H groups in total. The molecule has 0 fully saturated rings. The topological polar surface area (TPSA) is 40.5 Å². The summed E-state index contributed by atoms with van der Waals surface area (Å²) >= 11 is 0. The van der Waals surface area contributed by atoms with E-state index in [1.54, 1.807) is 24.3 Å². The van der Waals surface area contributed by atoms with Crippen molar-refractivity contribution in [3.05, 3.63) is 95.1 Å². The number of hydrogen-bond acceptors (Lipinski definition) is 2. The first-order chi connectivity index (χ1) is 11.1. The fourth-order valence-corrected chi connectivity index (χ4v) is 2.73. The summed E-state index contributed by atoms with van der Waals surface area (Å²) in [5.41, 5.74) is 4.87. The van der Waals surface area contributed by atoms with Crippen LogP contribution in [0.2, 0.25) is 0 Å². The van der Waals surface area contributed by atoms with Crippen LogP contribution in [0.25, 0.3) is 0 Å². The summed E-state index contributed by atoms with van der Waals surface area (Å²) in [6.45, 7) is 2.17. The minimum Gasteiger partial charge on any atom is -0.508 e. The SMILES string of the molecule is CC(c1ccc(O)cc1)c1ccc(Cc2ccc(O)cc2)cc1. The van der Waals surface area contributed by atoms with Gasteiger partial charge in [-0.3, -0.25) is 0 Å². The lowest BCUT2D eigenvalue weighted by molar-refractivity contribution is 0.474. The monoisotopic (exact) mass is 304 g/mol. The van der Waals surface area contributed by atoms with Gasteiger partial charge < -0.3 is 10.2 Å². The highest BCUT2D eigenvalue weighted by Crippen LogP contribution is 2.26. The van der Waals surface area contributed by atoms with Crippen molar-refractivity contribution in [2.24, 2.45) is 0 Å². The molecule has 0 saturated carbocycles. The van der Waals surface area contributed by atoms with Crippen LogP contribution >= 0.6 is 0 Å². The largest absolute Gasteiger partial charge is 0.508 e. The molecular weight excluding hydrogens is 284 g/mol. The van der Waals surface area contributed by atoms with Gasteiger partial charge in [0.1, 0.15) is 11.5 Å². The van der Waals surface area contributed by atoms with Crippen LogP contribution in [0, 0.1) is 0 Å². The molecule has 3 rings (SSSR count). The third-order valence-electron chi connectivity index (χ3n) is 4.22. The zero-order valence-corrected chi connectivity index (χ0v) is 13.1. The number of phenolic OH excluding ortho intramolecular Hbond substituents is 2. The highest BCUT2D eigenvalue weighted by Gasteiger charge is 2.08. The zero-order valence-electron chi connectivity index (χ0n) is 13.1. The molecule has 0 amide bonds. The average Bonchev–Trinajstić information content (AvgIpc) is 2.58. The van der Waals surface area contributed by atoms with Crippen molar-refractivity contribution in [3.8, 4) is 11.5 Å². The Morgan fingerprint density at radius 2 is 0.957 bits per heavy atom. The molecule has 1 atom stereocenters. The first-order valence-corrected chi connectivity index (χ1v) is 7.77. The summed E-state index contributed by atoms with van der Waals surface area (Å²) in [5.74, 6) is 0.885. The van der Waals surface area contributed by atoms with E-state index in [2.05, 4.69) is 31.2 Å². The summed E-state index contributed by atoms with van der Waals surface area (Å²) in [5, 5.41) is 18.7. The van der Waals surface area contributed by atoms with Gasteiger partial charge in [0.2, 0.25) is 0 Å². The molecule has 0 aliphatic rings. The van der Waals surface area contributed by atoms with Gasteiger partial charge in [-0.15, -0.1) is 0 Å². The number of aromatic hydroxyl groups is 2. The Morgan fingerprint density at radius 1 is 0.609 bits per heavy atom. The Kier molecular flexibility index (Phi) is 4.33. The lowest BCUT2D eigenvalue weighted by atomic mass is 9.92. The van der Waals surface area contributed by atoms with Gasteiger partial charge >= 0.3 is 0 Å². The van der Waals surface area contributed by atoms with E-state index in [0.29, 0.717) is 17.4 Å². The molecule has 23 heavy (non-hydrogen) atoms. The van der Waals surface area contributed by atoms with Gasteiger partial charge in [0, 0.05) is 5.92 Å². The number of rotatable bonds is 4. The van der Waals surface area contributed by atoms with Crippen molar-refractivity contribution in [1.82, 2.24) is 0 Å². The molecule has 1 unspecified atom stereocenters. The highest BCUT2D eigenvalue weighted by atomic mass is 16.3. The molecule has 116 valence electrons. The smallest absolute Gasteiger partial charge is 0.115 e. The second-order valence-electron chi connectivity index (χ2n) is 5.90. The van der Waals surface area contributed by atoms with Crippen LogP contribution in [0.5, 0.6) is 11.5 Å². The molecule has 2 nitrogen and oxygen atoms in total.